The van der Waals surface area contributed by atoms with Crippen LogP contribution in [0.4, 0.5) is 9.59 Å². The molecule has 6 amide bonds. The van der Waals surface area contributed by atoms with Crippen molar-refractivity contribution in [1.29, 1.82) is 0 Å². The summed E-state index contributed by atoms with van der Waals surface area (Å²) >= 11 is 1.28. The number of imide groups is 1. The van der Waals surface area contributed by atoms with Gasteiger partial charge in [0.1, 0.15) is 29.2 Å². The van der Waals surface area contributed by atoms with E-state index in [0.717, 1.165) is 4.90 Å². The number of aliphatic carboxylic acids is 1. The third-order valence-corrected chi connectivity index (χ3v) is 7.40. The number of aromatic hydroxyl groups is 1. The Morgan fingerprint density at radius 1 is 1.21 bits per heavy atom. The molecule has 3 saturated heterocycles. The van der Waals surface area contributed by atoms with Gasteiger partial charge in [-0.2, -0.15) is 0 Å². The maximum atomic E-state index is 13.2. The molecule has 0 unspecified atom stereocenters. The van der Waals surface area contributed by atoms with E-state index < -0.39 is 58.1 Å². The highest BCUT2D eigenvalue weighted by molar-refractivity contribution is 8.01. The van der Waals surface area contributed by atoms with Crippen molar-refractivity contribution in [2.45, 2.75) is 42.1 Å². The van der Waals surface area contributed by atoms with Gasteiger partial charge in [0.2, 0.25) is 11.8 Å². The fourth-order valence-corrected chi connectivity index (χ4v) is 5.84. The zero-order chi connectivity index (χ0) is 24.1. The third-order valence-electron chi connectivity index (χ3n) is 5.83. The number of hydrogen-bond acceptors (Lipinski definition) is 7. The minimum Gasteiger partial charge on any atom is -0.508 e. The minimum absolute atomic E-state index is 0.0442. The van der Waals surface area contributed by atoms with Crippen LogP contribution < -0.4 is 16.0 Å². The Balaban J connectivity index is 1.53. The Labute approximate surface area is 192 Å². The number of phenols is 1. The number of nitrogens with zero attached hydrogens (tertiary/aromatic N) is 2. The lowest BCUT2D eigenvalue weighted by Gasteiger charge is -2.44. The predicted molar refractivity (Wildman–Crippen MR) is 115 cm³/mol. The number of carbonyl (C=O) groups is 5. The number of rotatable bonds is 5. The standard InChI is InChI=1S/C20H23N5O7S/c1-20(2)13(17(29)30)25-15(28)12(16(25)33-20)22-14(27)11(9-3-5-10(26)6-4-9)23-19(32)24-8-7-21-18(24)31/h3-6,11-13,16,26H,7-8H2,1-2H3,(H,21,31)(H,22,27)(H,23,32)(H,29,30)/t11-,12-,13+,16-/m1/s1. The van der Waals surface area contributed by atoms with Crippen LogP contribution in [0.25, 0.3) is 0 Å². The molecule has 1 aromatic carbocycles. The zero-order valence-corrected chi connectivity index (χ0v) is 18.6. The third kappa shape index (κ3) is 3.92. The molecule has 4 rings (SSSR count). The van der Waals surface area contributed by atoms with Crippen molar-refractivity contribution in [3.8, 4) is 5.75 Å². The number of nitrogens with one attached hydrogen (secondary N) is 3. The summed E-state index contributed by atoms with van der Waals surface area (Å²) in [6, 6.07) is 0.934. The highest BCUT2D eigenvalue weighted by Gasteiger charge is 2.64. The van der Waals surface area contributed by atoms with Crippen LogP contribution in [0.5, 0.6) is 5.75 Å². The van der Waals surface area contributed by atoms with Crippen LogP contribution >= 0.6 is 11.8 Å². The molecule has 3 aliphatic rings. The van der Waals surface area contributed by atoms with Gasteiger partial charge >= 0.3 is 18.0 Å². The minimum atomic E-state index is -1.26. The van der Waals surface area contributed by atoms with Crippen molar-refractivity contribution in [3.05, 3.63) is 29.8 Å². The Kier molecular flexibility index (Phi) is 5.60. The number of thioether (sulfide) groups is 1. The molecule has 3 heterocycles. The van der Waals surface area contributed by atoms with Crippen molar-refractivity contribution in [2.75, 3.05) is 13.1 Å². The number of β-lactam (4-membered cyclic amide) rings is 1. The number of hydrogen-bond donors (Lipinski definition) is 5. The molecule has 0 bridgehead atoms. The first-order valence-corrected chi connectivity index (χ1v) is 11.1. The predicted octanol–water partition coefficient (Wildman–Crippen LogP) is -0.200. The lowest BCUT2D eigenvalue weighted by molar-refractivity contribution is -0.161. The molecule has 1 aromatic rings. The molecule has 12 nitrogen and oxygen atoms in total. The van der Waals surface area contributed by atoms with E-state index in [1.807, 2.05) is 0 Å². The first kappa shape index (κ1) is 22.7. The van der Waals surface area contributed by atoms with E-state index in [9.17, 15) is 34.2 Å². The number of urea groups is 2. The zero-order valence-electron chi connectivity index (χ0n) is 17.8. The van der Waals surface area contributed by atoms with Gasteiger partial charge in [0.05, 0.1) is 0 Å². The fraction of sp³-hybridized carbons (Fsp3) is 0.450. The summed E-state index contributed by atoms with van der Waals surface area (Å²) in [5.74, 6) is -2.39. The Morgan fingerprint density at radius 3 is 2.45 bits per heavy atom. The van der Waals surface area contributed by atoms with Crippen LogP contribution in [0.1, 0.15) is 25.5 Å². The average Bonchev–Trinajstić information content (AvgIpc) is 3.29. The van der Waals surface area contributed by atoms with Crippen molar-refractivity contribution in [3.63, 3.8) is 0 Å². The second kappa shape index (κ2) is 8.14. The van der Waals surface area contributed by atoms with Gasteiger partial charge in [0, 0.05) is 17.8 Å². The lowest BCUT2D eigenvalue weighted by Crippen LogP contribution is -2.71. The second-order valence-electron chi connectivity index (χ2n) is 8.44. The maximum absolute atomic E-state index is 13.2. The Morgan fingerprint density at radius 2 is 1.88 bits per heavy atom. The summed E-state index contributed by atoms with van der Waals surface area (Å²) in [6.07, 6.45) is 0. The summed E-state index contributed by atoms with van der Waals surface area (Å²) in [5.41, 5.74) is 0.324. The van der Waals surface area contributed by atoms with Gasteiger partial charge in [0.25, 0.3) is 0 Å². The van der Waals surface area contributed by atoms with Crippen LogP contribution in [-0.2, 0) is 14.4 Å². The first-order valence-electron chi connectivity index (χ1n) is 10.2. The molecular formula is C20H23N5O7S. The summed E-state index contributed by atoms with van der Waals surface area (Å²) < 4.78 is -0.751. The second-order valence-corrected chi connectivity index (χ2v) is 10.2. The van der Waals surface area contributed by atoms with E-state index in [2.05, 4.69) is 16.0 Å². The molecule has 0 aliphatic carbocycles. The van der Waals surface area contributed by atoms with Gasteiger partial charge in [-0.25, -0.2) is 19.3 Å². The van der Waals surface area contributed by atoms with Crippen LogP contribution in [0.2, 0.25) is 0 Å². The quantitative estimate of drug-likeness (QED) is 0.363. The highest BCUT2D eigenvalue weighted by Crippen LogP contribution is 2.50. The van der Waals surface area contributed by atoms with Gasteiger partial charge in [0.15, 0.2) is 0 Å². The molecule has 3 aliphatic heterocycles. The monoisotopic (exact) mass is 477 g/mol. The maximum Gasteiger partial charge on any atom is 0.327 e. The van der Waals surface area contributed by atoms with Crippen LogP contribution in [0.15, 0.2) is 24.3 Å². The molecule has 0 spiro atoms. The number of fused-ring (bicyclic) bond motifs is 1. The van der Waals surface area contributed by atoms with Gasteiger partial charge in [-0.1, -0.05) is 12.1 Å². The Hall–Kier alpha value is -3.48. The van der Waals surface area contributed by atoms with E-state index in [1.165, 1.54) is 40.9 Å². The van der Waals surface area contributed by atoms with Crippen LogP contribution in [0.3, 0.4) is 0 Å². The first-order chi connectivity index (χ1) is 15.5. The summed E-state index contributed by atoms with van der Waals surface area (Å²) in [5, 5.41) is 26.2. The van der Waals surface area contributed by atoms with E-state index in [-0.39, 0.29) is 18.8 Å². The van der Waals surface area contributed by atoms with Gasteiger partial charge in [-0.05, 0) is 31.5 Å². The normalized spacial score (nSPS) is 26.2. The SMILES string of the molecule is CC1(C)S[C@@H]2[C@H](NC(=O)[C@H](NC(=O)N3CCNC3=O)c3ccc(O)cc3)C(=O)N2[C@H]1C(=O)O. The molecule has 33 heavy (non-hydrogen) atoms. The molecule has 5 N–H and O–H groups in total. The van der Waals surface area contributed by atoms with Crippen LogP contribution in [0, 0.1) is 0 Å². The molecule has 0 saturated carbocycles. The largest absolute Gasteiger partial charge is 0.508 e. The number of carboxylic acid groups (broad SMARTS) is 1. The molecular weight excluding hydrogens is 454 g/mol. The molecule has 4 atom stereocenters. The van der Waals surface area contributed by atoms with Crippen molar-refractivity contribution in [2.24, 2.45) is 0 Å². The average molecular weight is 477 g/mol. The Bertz CT molecular complexity index is 1030. The van der Waals surface area contributed by atoms with E-state index in [4.69, 9.17) is 0 Å². The number of amides is 6. The van der Waals surface area contributed by atoms with Crippen molar-refractivity contribution < 1.29 is 34.2 Å². The van der Waals surface area contributed by atoms with E-state index in [0.29, 0.717) is 5.56 Å². The summed E-state index contributed by atoms with van der Waals surface area (Å²) in [7, 11) is 0. The molecule has 0 aromatic heterocycles. The van der Waals surface area contributed by atoms with E-state index in [1.54, 1.807) is 13.8 Å². The van der Waals surface area contributed by atoms with Gasteiger partial charge in [-0.15, -0.1) is 11.8 Å². The number of carbonyl (C=O) groups excluding carboxylic acids is 4. The van der Waals surface area contributed by atoms with Gasteiger partial charge in [-0.3, -0.25) is 9.59 Å². The number of benzene rings is 1. The molecule has 0 radical (unpaired) electrons. The highest BCUT2D eigenvalue weighted by atomic mass is 32.2. The molecule has 176 valence electrons. The lowest BCUT2D eigenvalue weighted by atomic mass is 9.95. The van der Waals surface area contributed by atoms with Crippen molar-refractivity contribution >= 4 is 41.6 Å². The number of carboxylic acids is 1. The molecule has 3 fully saturated rings. The number of phenolic OH excluding ortho intramolecular Hbond substituents is 1. The summed E-state index contributed by atoms with van der Waals surface area (Å²) in [4.78, 5) is 64.2. The van der Waals surface area contributed by atoms with Crippen molar-refractivity contribution in [1.82, 2.24) is 25.8 Å². The van der Waals surface area contributed by atoms with Gasteiger partial charge < -0.3 is 31.1 Å². The summed E-state index contributed by atoms with van der Waals surface area (Å²) in [6.45, 7) is 3.87. The van der Waals surface area contributed by atoms with Crippen LogP contribution in [-0.4, -0.2) is 85.2 Å². The topological polar surface area (TPSA) is 168 Å². The smallest absolute Gasteiger partial charge is 0.327 e. The fourth-order valence-electron chi connectivity index (χ4n) is 4.22. The van der Waals surface area contributed by atoms with E-state index >= 15 is 0 Å². The molecule has 13 heteroatoms.